The Morgan fingerprint density at radius 3 is 2.58 bits per heavy atom. The minimum Gasteiger partial charge on any atom is -0.386 e. The van der Waals surface area contributed by atoms with Crippen LogP contribution in [-0.2, 0) is 0 Å². The van der Waals surface area contributed by atoms with Crippen LogP contribution in [0, 0.1) is 21.8 Å². The molecule has 1 heterocycles. The van der Waals surface area contributed by atoms with Crippen LogP contribution >= 0.6 is 15.9 Å². The van der Waals surface area contributed by atoms with Gasteiger partial charge in [0.25, 0.3) is 5.69 Å². The highest BCUT2D eigenvalue weighted by molar-refractivity contribution is 9.10. The molecule has 0 radical (unpaired) electrons. The predicted molar refractivity (Wildman–Crippen MR) is 72.8 cm³/mol. The standard InChI is InChI=1S/C12H14BrFN2O3/c1-7(2)12(17)5-15(6-12)10-4-9(14)8(13)3-11(10)16(18)19/h3-4,7,17H,5-6H2,1-2H3. The van der Waals surface area contributed by atoms with E-state index in [0.29, 0.717) is 0 Å². The van der Waals surface area contributed by atoms with Gasteiger partial charge in [-0.1, -0.05) is 13.8 Å². The number of nitrogens with zero attached hydrogens (tertiary/aromatic N) is 2. The number of benzene rings is 1. The van der Waals surface area contributed by atoms with Crippen LogP contribution in [0.4, 0.5) is 15.8 Å². The Hall–Kier alpha value is -1.21. The van der Waals surface area contributed by atoms with Crippen molar-refractivity contribution in [3.05, 3.63) is 32.5 Å². The van der Waals surface area contributed by atoms with Crippen molar-refractivity contribution in [3.63, 3.8) is 0 Å². The second kappa shape index (κ2) is 4.72. The fourth-order valence-electron chi connectivity index (χ4n) is 2.08. The van der Waals surface area contributed by atoms with Gasteiger partial charge in [0, 0.05) is 25.2 Å². The Labute approximate surface area is 118 Å². The minimum absolute atomic E-state index is 0.0445. The first-order valence-electron chi connectivity index (χ1n) is 5.85. The zero-order valence-electron chi connectivity index (χ0n) is 10.6. The zero-order valence-corrected chi connectivity index (χ0v) is 12.1. The monoisotopic (exact) mass is 332 g/mol. The van der Waals surface area contributed by atoms with Crippen LogP contribution in [0.5, 0.6) is 0 Å². The van der Waals surface area contributed by atoms with Gasteiger partial charge in [-0.2, -0.15) is 0 Å². The van der Waals surface area contributed by atoms with Crippen LogP contribution in [0.25, 0.3) is 0 Å². The first-order chi connectivity index (χ1) is 8.74. The molecule has 0 saturated carbocycles. The molecule has 0 unspecified atom stereocenters. The molecule has 1 N–H and O–H groups in total. The van der Waals surface area contributed by atoms with E-state index in [-0.39, 0.29) is 34.9 Å². The maximum absolute atomic E-state index is 13.5. The Morgan fingerprint density at radius 1 is 1.53 bits per heavy atom. The number of hydrogen-bond donors (Lipinski definition) is 1. The minimum atomic E-state index is -0.864. The van der Waals surface area contributed by atoms with Gasteiger partial charge < -0.3 is 10.0 Å². The Bertz CT molecular complexity index is 530. The van der Waals surface area contributed by atoms with E-state index < -0.39 is 16.3 Å². The summed E-state index contributed by atoms with van der Waals surface area (Å²) in [4.78, 5) is 12.1. The summed E-state index contributed by atoms with van der Waals surface area (Å²) >= 11 is 2.94. The van der Waals surface area contributed by atoms with E-state index in [1.165, 1.54) is 0 Å². The molecule has 19 heavy (non-hydrogen) atoms. The molecule has 0 atom stereocenters. The van der Waals surface area contributed by atoms with Crippen LogP contribution in [0.1, 0.15) is 13.8 Å². The second-order valence-electron chi connectivity index (χ2n) is 5.13. The Morgan fingerprint density at radius 2 is 2.11 bits per heavy atom. The van der Waals surface area contributed by atoms with Crippen molar-refractivity contribution < 1.29 is 14.4 Å². The van der Waals surface area contributed by atoms with Crippen LogP contribution in [0.3, 0.4) is 0 Å². The highest BCUT2D eigenvalue weighted by Crippen LogP contribution is 2.39. The molecular formula is C12H14BrFN2O3. The molecule has 1 aliphatic rings. The van der Waals surface area contributed by atoms with Crippen molar-refractivity contribution in [2.75, 3.05) is 18.0 Å². The lowest BCUT2D eigenvalue weighted by Gasteiger charge is -2.50. The number of β-amino-alcohol motifs (C(OH)–C–C–N with tert-alkyl or cyclic N) is 1. The van der Waals surface area contributed by atoms with E-state index in [9.17, 15) is 19.6 Å². The summed E-state index contributed by atoms with van der Waals surface area (Å²) in [6, 6.07) is 2.28. The van der Waals surface area contributed by atoms with Gasteiger partial charge in [0.1, 0.15) is 17.1 Å². The van der Waals surface area contributed by atoms with Gasteiger partial charge in [-0.3, -0.25) is 10.1 Å². The molecule has 0 spiro atoms. The number of nitro groups is 1. The third kappa shape index (κ3) is 2.44. The third-order valence-corrected chi connectivity index (χ3v) is 4.17. The maximum atomic E-state index is 13.5. The van der Waals surface area contributed by atoms with Crippen molar-refractivity contribution in [2.45, 2.75) is 19.4 Å². The lowest BCUT2D eigenvalue weighted by molar-refractivity contribution is -0.384. The largest absolute Gasteiger partial charge is 0.386 e. The Kier molecular flexibility index (Phi) is 3.53. The van der Waals surface area contributed by atoms with Crippen LogP contribution in [0.2, 0.25) is 0 Å². The van der Waals surface area contributed by atoms with Crippen LogP contribution < -0.4 is 4.90 Å². The molecule has 0 bridgehead atoms. The molecule has 0 aliphatic carbocycles. The number of anilines is 1. The molecule has 104 valence electrons. The first-order valence-corrected chi connectivity index (χ1v) is 6.64. The number of rotatable bonds is 3. The predicted octanol–water partition coefficient (Wildman–Crippen LogP) is 2.70. The molecule has 0 aromatic heterocycles. The van der Waals surface area contributed by atoms with E-state index in [1.807, 2.05) is 13.8 Å². The summed E-state index contributed by atoms with van der Waals surface area (Å²) in [5.74, 6) is -0.510. The van der Waals surface area contributed by atoms with Crippen molar-refractivity contribution in [3.8, 4) is 0 Å². The van der Waals surface area contributed by atoms with Gasteiger partial charge in [-0.05, 0) is 21.8 Å². The summed E-state index contributed by atoms with van der Waals surface area (Å²) in [6.45, 7) is 4.31. The Balaban J connectivity index is 2.32. The fourth-order valence-corrected chi connectivity index (χ4v) is 2.41. The van der Waals surface area contributed by atoms with Crippen LogP contribution in [0.15, 0.2) is 16.6 Å². The summed E-state index contributed by atoms with van der Waals surface area (Å²) in [6.07, 6.45) is 0. The number of aliphatic hydroxyl groups is 1. The van der Waals surface area contributed by atoms with Gasteiger partial charge in [0.2, 0.25) is 0 Å². The topological polar surface area (TPSA) is 66.6 Å². The molecule has 1 fully saturated rings. The highest BCUT2D eigenvalue weighted by Gasteiger charge is 2.45. The lowest BCUT2D eigenvalue weighted by Crippen LogP contribution is -2.64. The highest BCUT2D eigenvalue weighted by atomic mass is 79.9. The molecule has 0 amide bonds. The molecule has 1 saturated heterocycles. The normalized spacial score (nSPS) is 17.5. The van der Waals surface area contributed by atoms with Gasteiger partial charge in [0.05, 0.1) is 9.40 Å². The number of halogens is 2. The smallest absolute Gasteiger partial charge is 0.293 e. The summed E-state index contributed by atoms with van der Waals surface area (Å²) in [5.41, 5.74) is -0.827. The first kappa shape index (κ1) is 14.2. The molecule has 7 heteroatoms. The van der Waals surface area contributed by atoms with Gasteiger partial charge >= 0.3 is 0 Å². The van der Waals surface area contributed by atoms with E-state index in [1.54, 1.807) is 4.90 Å². The quantitative estimate of drug-likeness (QED) is 0.682. The van der Waals surface area contributed by atoms with E-state index in [2.05, 4.69) is 15.9 Å². The molecule has 2 rings (SSSR count). The SMILES string of the molecule is CC(C)C1(O)CN(c2cc(F)c(Br)cc2[N+](=O)[O-])C1. The van der Waals surface area contributed by atoms with Gasteiger partial charge in [0.15, 0.2) is 0 Å². The summed E-state index contributed by atoms with van der Waals surface area (Å²) in [5, 5.41) is 21.2. The van der Waals surface area contributed by atoms with Crippen LogP contribution in [-0.4, -0.2) is 28.7 Å². The lowest BCUT2D eigenvalue weighted by atomic mass is 9.82. The zero-order chi connectivity index (χ0) is 14.4. The number of hydrogen-bond acceptors (Lipinski definition) is 4. The van der Waals surface area contributed by atoms with Crippen molar-refractivity contribution in [2.24, 2.45) is 5.92 Å². The molecular weight excluding hydrogens is 319 g/mol. The van der Waals surface area contributed by atoms with Crippen molar-refractivity contribution in [1.29, 1.82) is 0 Å². The van der Waals surface area contributed by atoms with Crippen molar-refractivity contribution >= 4 is 27.3 Å². The molecule has 1 aromatic rings. The third-order valence-electron chi connectivity index (χ3n) is 3.56. The van der Waals surface area contributed by atoms with Gasteiger partial charge in [-0.25, -0.2) is 4.39 Å². The number of nitro benzene ring substituents is 1. The van der Waals surface area contributed by atoms with E-state index in [0.717, 1.165) is 12.1 Å². The van der Waals surface area contributed by atoms with Crippen molar-refractivity contribution in [1.82, 2.24) is 0 Å². The molecule has 5 nitrogen and oxygen atoms in total. The molecule has 1 aliphatic heterocycles. The van der Waals surface area contributed by atoms with Gasteiger partial charge in [-0.15, -0.1) is 0 Å². The summed E-state index contributed by atoms with van der Waals surface area (Å²) < 4.78 is 13.6. The van der Waals surface area contributed by atoms with E-state index >= 15 is 0 Å². The average molecular weight is 333 g/mol. The molecule has 1 aromatic carbocycles. The van der Waals surface area contributed by atoms with E-state index in [4.69, 9.17) is 0 Å². The summed E-state index contributed by atoms with van der Waals surface area (Å²) in [7, 11) is 0. The maximum Gasteiger partial charge on any atom is 0.293 e. The second-order valence-corrected chi connectivity index (χ2v) is 5.98. The fraction of sp³-hybridized carbons (Fsp3) is 0.500. The average Bonchev–Trinajstić information content (AvgIpc) is 2.27.